The summed E-state index contributed by atoms with van der Waals surface area (Å²) in [5.41, 5.74) is 3.24. The van der Waals surface area contributed by atoms with Crippen molar-refractivity contribution in [2.45, 2.75) is 19.9 Å². The average molecular weight is 343 g/mol. The normalized spacial score (nSPS) is 12.0. The van der Waals surface area contributed by atoms with Gasteiger partial charge in [0.2, 0.25) is 0 Å². The van der Waals surface area contributed by atoms with Crippen molar-refractivity contribution < 1.29 is 0 Å². The van der Waals surface area contributed by atoms with Crippen molar-refractivity contribution in [3.8, 4) is 0 Å². The summed E-state index contributed by atoms with van der Waals surface area (Å²) in [5.74, 6) is 0. The Balaban J connectivity index is 2.18. The van der Waals surface area contributed by atoms with Crippen LogP contribution in [0.1, 0.15) is 24.2 Å². The standard InChI is InChI=1S/C19H26N4S/c1-15-9-5-6-10-17(15)21-19(24)23(14-13-22(3)4)16(2)18-11-7-8-12-20-18/h5-12,16H,13-14H2,1-4H3,(H,21,24)/t16-/m1/s1. The lowest BCUT2D eigenvalue weighted by atomic mass is 10.2. The van der Waals surface area contributed by atoms with E-state index in [1.54, 1.807) is 0 Å². The zero-order valence-corrected chi connectivity index (χ0v) is 15.7. The third-order valence-corrected chi connectivity index (χ3v) is 4.36. The molecule has 0 amide bonds. The fourth-order valence-corrected chi connectivity index (χ4v) is 2.82. The number of aryl methyl sites for hydroxylation is 1. The summed E-state index contributed by atoms with van der Waals surface area (Å²) in [6.07, 6.45) is 1.83. The number of aromatic nitrogens is 1. The van der Waals surface area contributed by atoms with Crippen LogP contribution < -0.4 is 5.32 Å². The van der Waals surface area contributed by atoms with Gasteiger partial charge >= 0.3 is 0 Å². The van der Waals surface area contributed by atoms with Gasteiger partial charge in [-0.1, -0.05) is 24.3 Å². The highest BCUT2D eigenvalue weighted by molar-refractivity contribution is 7.80. The molecular weight excluding hydrogens is 316 g/mol. The lowest BCUT2D eigenvalue weighted by molar-refractivity contribution is 0.286. The minimum Gasteiger partial charge on any atom is -0.339 e. The van der Waals surface area contributed by atoms with Gasteiger partial charge in [0.05, 0.1) is 11.7 Å². The first-order valence-electron chi connectivity index (χ1n) is 8.18. The molecule has 0 aliphatic heterocycles. The fraction of sp³-hybridized carbons (Fsp3) is 0.368. The summed E-state index contributed by atoms with van der Waals surface area (Å²) in [7, 11) is 4.14. The van der Waals surface area contributed by atoms with E-state index >= 15 is 0 Å². The predicted molar refractivity (Wildman–Crippen MR) is 105 cm³/mol. The van der Waals surface area contributed by atoms with E-state index in [1.807, 2.05) is 36.5 Å². The fourth-order valence-electron chi connectivity index (χ4n) is 2.46. The molecule has 2 aromatic rings. The van der Waals surface area contributed by atoms with Gasteiger partial charge in [0, 0.05) is 25.0 Å². The van der Waals surface area contributed by atoms with Crippen molar-refractivity contribution in [3.63, 3.8) is 0 Å². The smallest absolute Gasteiger partial charge is 0.174 e. The second kappa shape index (κ2) is 8.76. The molecule has 1 atom stereocenters. The maximum Gasteiger partial charge on any atom is 0.174 e. The Bertz CT molecular complexity index is 657. The van der Waals surface area contributed by atoms with Crippen molar-refractivity contribution in [3.05, 3.63) is 59.9 Å². The number of nitrogens with zero attached hydrogens (tertiary/aromatic N) is 3. The number of pyridine rings is 1. The van der Waals surface area contributed by atoms with Crippen LogP contribution in [0.15, 0.2) is 48.7 Å². The van der Waals surface area contributed by atoms with Crippen LogP contribution in [0.3, 0.4) is 0 Å². The molecule has 0 unspecified atom stereocenters. The molecule has 0 saturated heterocycles. The molecule has 0 aliphatic carbocycles. The summed E-state index contributed by atoms with van der Waals surface area (Å²) < 4.78 is 0. The number of thiocarbonyl (C=S) groups is 1. The Labute approximate surface area is 150 Å². The minimum absolute atomic E-state index is 0.107. The quantitative estimate of drug-likeness (QED) is 0.809. The largest absolute Gasteiger partial charge is 0.339 e. The third kappa shape index (κ3) is 5.01. The predicted octanol–water partition coefficient (Wildman–Crippen LogP) is 3.71. The summed E-state index contributed by atoms with van der Waals surface area (Å²) in [6.45, 7) is 5.98. The number of nitrogens with one attached hydrogen (secondary N) is 1. The van der Waals surface area contributed by atoms with E-state index in [0.717, 1.165) is 29.6 Å². The first kappa shape index (κ1) is 18.4. The second-order valence-electron chi connectivity index (χ2n) is 6.17. The van der Waals surface area contributed by atoms with Crippen LogP contribution >= 0.6 is 12.2 Å². The zero-order valence-electron chi connectivity index (χ0n) is 14.9. The number of rotatable bonds is 6. The Hall–Kier alpha value is -1.98. The molecule has 0 bridgehead atoms. The van der Waals surface area contributed by atoms with E-state index in [4.69, 9.17) is 12.2 Å². The molecule has 0 aliphatic rings. The topological polar surface area (TPSA) is 31.4 Å². The van der Waals surface area contributed by atoms with E-state index in [2.05, 4.69) is 60.2 Å². The van der Waals surface area contributed by atoms with E-state index in [9.17, 15) is 0 Å². The van der Waals surface area contributed by atoms with Crippen LogP contribution in [-0.4, -0.2) is 47.1 Å². The Morgan fingerprint density at radius 2 is 1.83 bits per heavy atom. The molecule has 1 heterocycles. The molecule has 4 nitrogen and oxygen atoms in total. The first-order valence-corrected chi connectivity index (χ1v) is 8.58. The van der Waals surface area contributed by atoms with Gasteiger partial charge < -0.3 is 15.1 Å². The Morgan fingerprint density at radius 1 is 1.12 bits per heavy atom. The van der Waals surface area contributed by atoms with Crippen molar-refractivity contribution in [2.24, 2.45) is 0 Å². The number of anilines is 1. The van der Waals surface area contributed by atoms with Gasteiger partial charge in [0.25, 0.3) is 0 Å². The summed E-state index contributed by atoms with van der Waals surface area (Å²) in [6, 6.07) is 14.3. The van der Waals surface area contributed by atoms with E-state index < -0.39 is 0 Å². The molecule has 128 valence electrons. The number of hydrogen-bond donors (Lipinski definition) is 1. The van der Waals surface area contributed by atoms with E-state index in [0.29, 0.717) is 0 Å². The SMILES string of the molecule is Cc1ccccc1NC(=S)N(CCN(C)C)[C@H](C)c1ccccn1. The van der Waals surface area contributed by atoms with Gasteiger partial charge in [-0.3, -0.25) is 4.98 Å². The summed E-state index contributed by atoms with van der Waals surface area (Å²) >= 11 is 5.71. The maximum absolute atomic E-state index is 5.71. The van der Waals surface area contributed by atoms with Gasteiger partial charge in [-0.05, 0) is 63.9 Å². The van der Waals surface area contributed by atoms with E-state index in [1.165, 1.54) is 5.56 Å². The zero-order chi connectivity index (χ0) is 17.5. The van der Waals surface area contributed by atoms with Crippen LogP contribution in [0.4, 0.5) is 5.69 Å². The molecule has 1 N–H and O–H groups in total. The van der Waals surface area contributed by atoms with Crippen LogP contribution in [-0.2, 0) is 0 Å². The van der Waals surface area contributed by atoms with Crippen molar-refractivity contribution >= 4 is 23.0 Å². The number of benzene rings is 1. The van der Waals surface area contributed by atoms with Crippen LogP contribution in [0.5, 0.6) is 0 Å². The monoisotopic (exact) mass is 342 g/mol. The van der Waals surface area contributed by atoms with E-state index in [-0.39, 0.29) is 6.04 Å². The highest BCUT2D eigenvalue weighted by atomic mass is 32.1. The average Bonchev–Trinajstić information content (AvgIpc) is 2.57. The van der Waals surface area contributed by atoms with Crippen molar-refractivity contribution in [1.29, 1.82) is 0 Å². The molecule has 2 rings (SSSR count). The highest BCUT2D eigenvalue weighted by Crippen LogP contribution is 2.21. The highest BCUT2D eigenvalue weighted by Gasteiger charge is 2.20. The molecule has 5 heteroatoms. The molecule has 0 spiro atoms. The molecule has 1 aromatic carbocycles. The Kier molecular flexibility index (Phi) is 6.70. The van der Waals surface area contributed by atoms with Crippen molar-refractivity contribution in [1.82, 2.24) is 14.8 Å². The third-order valence-electron chi connectivity index (χ3n) is 4.02. The minimum atomic E-state index is 0.107. The first-order chi connectivity index (χ1) is 11.5. The van der Waals surface area contributed by atoms with Gasteiger partial charge in [-0.15, -0.1) is 0 Å². The van der Waals surface area contributed by atoms with Gasteiger partial charge in [0.1, 0.15) is 0 Å². The maximum atomic E-state index is 5.71. The van der Waals surface area contributed by atoms with Crippen molar-refractivity contribution in [2.75, 3.05) is 32.5 Å². The Morgan fingerprint density at radius 3 is 2.46 bits per heavy atom. The molecule has 1 aromatic heterocycles. The number of hydrogen-bond acceptors (Lipinski definition) is 3. The number of para-hydroxylation sites is 1. The summed E-state index contributed by atoms with van der Waals surface area (Å²) in [4.78, 5) is 8.85. The van der Waals surface area contributed by atoms with Gasteiger partial charge in [-0.2, -0.15) is 0 Å². The molecule has 0 fully saturated rings. The van der Waals surface area contributed by atoms with Gasteiger partial charge in [-0.25, -0.2) is 0 Å². The lowest BCUT2D eigenvalue weighted by Crippen LogP contribution is -2.41. The molecule has 24 heavy (non-hydrogen) atoms. The molecule has 0 radical (unpaired) electrons. The summed E-state index contributed by atoms with van der Waals surface area (Å²) in [5, 5.41) is 4.12. The number of likely N-dealkylation sites (N-methyl/N-ethyl adjacent to an activating group) is 1. The lowest BCUT2D eigenvalue weighted by Gasteiger charge is -2.32. The second-order valence-corrected chi connectivity index (χ2v) is 6.56. The van der Waals surface area contributed by atoms with Crippen LogP contribution in [0, 0.1) is 6.92 Å². The van der Waals surface area contributed by atoms with Gasteiger partial charge in [0.15, 0.2) is 5.11 Å². The molecule has 0 saturated carbocycles. The van der Waals surface area contributed by atoms with Crippen LogP contribution in [0.25, 0.3) is 0 Å². The van der Waals surface area contributed by atoms with Crippen LogP contribution in [0.2, 0.25) is 0 Å². The molecular formula is C19H26N4S.